The van der Waals surface area contributed by atoms with E-state index in [-0.39, 0.29) is 5.91 Å². The number of nitrogens with one attached hydrogen (secondary N) is 1. The fourth-order valence-electron chi connectivity index (χ4n) is 2.98. The van der Waals surface area contributed by atoms with E-state index in [4.69, 9.17) is 0 Å². The summed E-state index contributed by atoms with van der Waals surface area (Å²) in [5.74, 6) is -0.0538. The van der Waals surface area contributed by atoms with Gasteiger partial charge in [-0.05, 0) is 65.9 Å². The van der Waals surface area contributed by atoms with Crippen molar-refractivity contribution >= 4 is 22.9 Å². The Morgan fingerprint density at radius 2 is 2.08 bits per heavy atom. The van der Waals surface area contributed by atoms with Crippen molar-refractivity contribution < 1.29 is 4.79 Å². The van der Waals surface area contributed by atoms with Crippen LogP contribution in [0.5, 0.6) is 0 Å². The molecule has 0 fully saturated rings. The number of anilines is 1. The topological polar surface area (TPSA) is 72.7 Å². The number of thiophene rings is 1. The zero-order valence-electron chi connectivity index (χ0n) is 13.1. The third kappa shape index (κ3) is 3.07. The van der Waals surface area contributed by atoms with Gasteiger partial charge in [-0.1, -0.05) is 12.5 Å². The van der Waals surface area contributed by atoms with Crippen molar-refractivity contribution in [3.63, 3.8) is 0 Å². The summed E-state index contributed by atoms with van der Waals surface area (Å²) in [6.45, 7) is 0. The van der Waals surface area contributed by atoms with Crippen LogP contribution in [0.3, 0.4) is 0 Å². The normalized spacial score (nSPS) is 14.0. The summed E-state index contributed by atoms with van der Waals surface area (Å²) in [5.41, 5.74) is 2.89. The molecule has 1 N–H and O–H groups in total. The number of hydrogen-bond acceptors (Lipinski definition) is 5. The first-order valence-electron chi connectivity index (χ1n) is 8.06. The van der Waals surface area contributed by atoms with Crippen LogP contribution < -0.4 is 5.32 Å². The first-order chi connectivity index (χ1) is 11.8. The number of tetrazole rings is 1. The van der Waals surface area contributed by atoms with Crippen molar-refractivity contribution in [2.75, 3.05) is 5.32 Å². The van der Waals surface area contributed by atoms with Crippen LogP contribution in [0, 0.1) is 0 Å². The Labute approximate surface area is 143 Å². The molecule has 122 valence electrons. The molecule has 1 aromatic carbocycles. The Morgan fingerprint density at radius 1 is 1.17 bits per heavy atom. The maximum absolute atomic E-state index is 12.6. The van der Waals surface area contributed by atoms with Crippen molar-refractivity contribution in [2.45, 2.75) is 32.1 Å². The molecule has 6 nitrogen and oxygen atoms in total. The minimum absolute atomic E-state index is 0.0538. The van der Waals surface area contributed by atoms with Crippen molar-refractivity contribution in [3.05, 3.63) is 52.0 Å². The maximum atomic E-state index is 12.6. The molecule has 0 saturated carbocycles. The molecule has 1 amide bonds. The molecule has 0 unspecified atom stereocenters. The molecule has 7 heteroatoms. The zero-order valence-corrected chi connectivity index (χ0v) is 13.9. The Hall–Kier alpha value is -2.54. The number of fused-ring (bicyclic) bond motifs is 1. The van der Waals surface area contributed by atoms with Gasteiger partial charge in [0.15, 0.2) is 0 Å². The van der Waals surface area contributed by atoms with Crippen LogP contribution in [-0.4, -0.2) is 26.1 Å². The number of carbonyl (C=O) groups excluding carboxylic acids is 1. The third-order valence-electron chi connectivity index (χ3n) is 4.19. The fraction of sp³-hybridized carbons (Fsp3) is 0.294. The van der Waals surface area contributed by atoms with Crippen LogP contribution >= 0.6 is 11.3 Å². The van der Waals surface area contributed by atoms with E-state index in [9.17, 15) is 4.79 Å². The Kier molecular flexibility index (Phi) is 4.08. The molecule has 4 rings (SSSR count). The van der Waals surface area contributed by atoms with Gasteiger partial charge in [0.1, 0.15) is 6.33 Å². The first-order valence-corrected chi connectivity index (χ1v) is 8.87. The largest absolute Gasteiger partial charge is 0.321 e. The molecule has 0 spiro atoms. The second-order valence-electron chi connectivity index (χ2n) is 5.88. The molecule has 0 saturated heterocycles. The highest BCUT2D eigenvalue weighted by Crippen LogP contribution is 2.29. The summed E-state index contributed by atoms with van der Waals surface area (Å²) in [6, 6.07) is 9.54. The molecule has 2 heterocycles. The van der Waals surface area contributed by atoms with E-state index in [2.05, 4.69) is 26.9 Å². The van der Waals surface area contributed by atoms with E-state index in [1.54, 1.807) is 16.0 Å². The van der Waals surface area contributed by atoms with Crippen molar-refractivity contribution in [1.82, 2.24) is 20.2 Å². The van der Waals surface area contributed by atoms with Gasteiger partial charge in [-0.2, -0.15) is 0 Å². The van der Waals surface area contributed by atoms with Gasteiger partial charge < -0.3 is 5.32 Å². The number of hydrogen-bond donors (Lipinski definition) is 1. The summed E-state index contributed by atoms with van der Waals surface area (Å²) < 4.78 is 1.56. The molecule has 1 aliphatic rings. The number of nitrogens with zero attached hydrogens (tertiary/aromatic N) is 4. The van der Waals surface area contributed by atoms with E-state index in [1.807, 2.05) is 24.3 Å². The zero-order chi connectivity index (χ0) is 16.4. The van der Waals surface area contributed by atoms with E-state index in [0.717, 1.165) is 29.1 Å². The van der Waals surface area contributed by atoms with Crippen LogP contribution in [0.1, 0.15) is 39.4 Å². The quantitative estimate of drug-likeness (QED) is 0.744. The van der Waals surface area contributed by atoms with Crippen molar-refractivity contribution in [1.29, 1.82) is 0 Å². The van der Waals surface area contributed by atoms with E-state index >= 15 is 0 Å². The third-order valence-corrected chi connectivity index (χ3v) is 5.42. The highest BCUT2D eigenvalue weighted by atomic mass is 32.1. The van der Waals surface area contributed by atoms with Crippen molar-refractivity contribution in [2.24, 2.45) is 0 Å². The molecule has 1 aliphatic carbocycles. The summed E-state index contributed by atoms with van der Waals surface area (Å²) >= 11 is 1.63. The fourth-order valence-corrected chi connectivity index (χ4v) is 4.13. The molecule has 2 aromatic heterocycles. The maximum Gasteiger partial charge on any atom is 0.265 e. The van der Waals surface area contributed by atoms with E-state index < -0.39 is 0 Å². The summed E-state index contributed by atoms with van der Waals surface area (Å²) in [5, 5.41) is 14.1. The lowest BCUT2D eigenvalue weighted by Crippen LogP contribution is -2.10. The van der Waals surface area contributed by atoms with Gasteiger partial charge in [-0.25, -0.2) is 4.68 Å². The lowest BCUT2D eigenvalue weighted by molar-refractivity contribution is 0.103. The predicted molar refractivity (Wildman–Crippen MR) is 92.7 cm³/mol. The number of aryl methyl sites for hydroxylation is 2. The Bertz CT molecular complexity index is 832. The molecular weight excluding hydrogens is 322 g/mol. The first kappa shape index (κ1) is 15.0. The second-order valence-corrected chi connectivity index (χ2v) is 7.02. The second kappa shape index (κ2) is 6.52. The van der Waals surface area contributed by atoms with Crippen LogP contribution in [0.25, 0.3) is 5.69 Å². The van der Waals surface area contributed by atoms with Crippen molar-refractivity contribution in [3.8, 4) is 5.69 Å². The monoisotopic (exact) mass is 339 g/mol. The predicted octanol–water partition coefficient (Wildman–Crippen LogP) is 3.25. The number of aromatic nitrogens is 4. The molecule has 3 aromatic rings. The van der Waals surface area contributed by atoms with Gasteiger partial charge >= 0.3 is 0 Å². The standard InChI is InChI=1S/C17H17N5OS/c23-17(16-9-12-5-2-1-3-8-15(12)24-16)19-13-6-4-7-14(10-13)22-11-18-20-21-22/h4,6-7,9-11H,1-3,5,8H2,(H,19,23). The van der Waals surface area contributed by atoms with Crippen LogP contribution in [0.15, 0.2) is 36.7 Å². The van der Waals surface area contributed by atoms with Gasteiger partial charge in [0.2, 0.25) is 0 Å². The lowest BCUT2D eigenvalue weighted by atomic mass is 10.1. The Morgan fingerprint density at radius 3 is 2.96 bits per heavy atom. The number of rotatable bonds is 3. The average Bonchev–Trinajstić information content (AvgIpc) is 3.22. The molecule has 0 atom stereocenters. The Balaban J connectivity index is 1.53. The van der Waals surface area contributed by atoms with Crippen LogP contribution in [0.2, 0.25) is 0 Å². The number of benzene rings is 1. The highest BCUT2D eigenvalue weighted by Gasteiger charge is 2.16. The van der Waals surface area contributed by atoms with E-state index in [1.165, 1.54) is 36.0 Å². The molecular formula is C17H17N5OS. The molecule has 0 aliphatic heterocycles. The lowest BCUT2D eigenvalue weighted by Gasteiger charge is -2.06. The van der Waals surface area contributed by atoms with Gasteiger partial charge in [0.25, 0.3) is 5.91 Å². The van der Waals surface area contributed by atoms with E-state index in [0.29, 0.717) is 0 Å². The molecule has 24 heavy (non-hydrogen) atoms. The minimum atomic E-state index is -0.0538. The average molecular weight is 339 g/mol. The molecule has 0 bridgehead atoms. The van der Waals surface area contributed by atoms with Gasteiger partial charge in [-0.15, -0.1) is 16.4 Å². The van der Waals surface area contributed by atoms with Gasteiger partial charge in [0, 0.05) is 10.6 Å². The SMILES string of the molecule is O=C(Nc1cccc(-n2cnnn2)c1)c1cc2c(s1)CCCCC2. The van der Waals surface area contributed by atoms with Crippen LogP contribution in [-0.2, 0) is 12.8 Å². The number of amides is 1. The summed E-state index contributed by atoms with van der Waals surface area (Å²) in [7, 11) is 0. The van der Waals surface area contributed by atoms with Gasteiger partial charge in [0.05, 0.1) is 10.6 Å². The highest BCUT2D eigenvalue weighted by molar-refractivity contribution is 7.14. The van der Waals surface area contributed by atoms with Crippen LogP contribution in [0.4, 0.5) is 5.69 Å². The van der Waals surface area contributed by atoms with Gasteiger partial charge in [-0.3, -0.25) is 4.79 Å². The smallest absolute Gasteiger partial charge is 0.265 e. The summed E-state index contributed by atoms with van der Waals surface area (Å²) in [6.07, 6.45) is 7.45. The number of carbonyl (C=O) groups is 1. The summed E-state index contributed by atoms with van der Waals surface area (Å²) in [4.78, 5) is 14.7. The minimum Gasteiger partial charge on any atom is -0.321 e. The molecule has 0 radical (unpaired) electrons.